The van der Waals surface area contributed by atoms with Crippen molar-refractivity contribution < 1.29 is 14.3 Å². The van der Waals surface area contributed by atoms with Crippen molar-refractivity contribution in [3.63, 3.8) is 0 Å². The molecule has 17 heavy (non-hydrogen) atoms. The molecule has 0 aromatic carbocycles. The summed E-state index contributed by atoms with van der Waals surface area (Å²) in [4.78, 5) is 22.5. The van der Waals surface area contributed by atoms with Crippen molar-refractivity contribution >= 4 is 11.9 Å². The normalized spacial score (nSPS) is 10.8. The minimum Gasteiger partial charge on any atom is -0.462 e. The number of ether oxygens (including phenoxy) is 1. The highest BCUT2D eigenvalue weighted by atomic mass is 16.5. The zero-order chi connectivity index (χ0) is 13.5. The number of hydrogen-bond donors (Lipinski definition) is 1. The Bertz CT molecular complexity index is 290. The monoisotopic (exact) mass is 241 g/mol. The van der Waals surface area contributed by atoms with Gasteiger partial charge in [-0.1, -0.05) is 27.4 Å². The topological polar surface area (TPSA) is 55.4 Å². The van der Waals surface area contributed by atoms with Gasteiger partial charge in [-0.15, -0.1) is 0 Å². The maximum absolute atomic E-state index is 11.5. The van der Waals surface area contributed by atoms with Crippen LogP contribution >= 0.6 is 0 Å². The van der Waals surface area contributed by atoms with Crippen LogP contribution in [0.25, 0.3) is 0 Å². The summed E-state index contributed by atoms with van der Waals surface area (Å²) >= 11 is 0. The quantitative estimate of drug-likeness (QED) is 0.440. The lowest BCUT2D eigenvalue weighted by Crippen LogP contribution is -2.35. The zero-order valence-electron chi connectivity index (χ0n) is 11.3. The van der Waals surface area contributed by atoms with Crippen LogP contribution in [-0.2, 0) is 14.3 Å². The second-order valence-corrected chi connectivity index (χ2v) is 5.13. The molecule has 1 amide bonds. The molecular weight excluding hydrogens is 218 g/mol. The van der Waals surface area contributed by atoms with Crippen LogP contribution in [0.5, 0.6) is 0 Å². The van der Waals surface area contributed by atoms with Gasteiger partial charge in [-0.3, -0.25) is 4.79 Å². The highest BCUT2D eigenvalue weighted by molar-refractivity contribution is 5.86. The SMILES string of the molecule is C=C(C)C(=O)OCCCCNC(=O)C(C)(C)C. The summed E-state index contributed by atoms with van der Waals surface area (Å²) in [6.07, 6.45) is 1.54. The molecule has 0 fully saturated rings. The Morgan fingerprint density at radius 3 is 2.29 bits per heavy atom. The van der Waals surface area contributed by atoms with Crippen molar-refractivity contribution in [1.82, 2.24) is 5.32 Å². The summed E-state index contributed by atoms with van der Waals surface area (Å²) in [7, 11) is 0. The summed E-state index contributed by atoms with van der Waals surface area (Å²) in [6.45, 7) is 11.7. The van der Waals surface area contributed by atoms with E-state index in [1.54, 1.807) is 6.92 Å². The molecule has 0 atom stereocenters. The first-order valence-electron chi connectivity index (χ1n) is 5.86. The van der Waals surface area contributed by atoms with Crippen LogP contribution in [0.4, 0.5) is 0 Å². The molecule has 0 radical (unpaired) electrons. The molecule has 0 aliphatic rings. The summed E-state index contributed by atoms with van der Waals surface area (Å²) in [6, 6.07) is 0. The highest BCUT2D eigenvalue weighted by Crippen LogP contribution is 2.12. The first kappa shape index (κ1) is 15.7. The molecule has 0 bridgehead atoms. The Balaban J connectivity index is 3.51. The molecule has 0 aromatic heterocycles. The average Bonchev–Trinajstić information content (AvgIpc) is 2.20. The molecule has 0 spiro atoms. The lowest BCUT2D eigenvalue weighted by Gasteiger charge is -2.17. The molecule has 4 heteroatoms. The molecule has 1 N–H and O–H groups in total. The largest absolute Gasteiger partial charge is 0.462 e. The lowest BCUT2D eigenvalue weighted by atomic mass is 9.96. The van der Waals surface area contributed by atoms with Gasteiger partial charge < -0.3 is 10.1 Å². The number of hydrogen-bond acceptors (Lipinski definition) is 3. The Morgan fingerprint density at radius 2 is 1.82 bits per heavy atom. The average molecular weight is 241 g/mol. The first-order chi connectivity index (χ1) is 7.75. The molecule has 0 unspecified atom stereocenters. The van der Waals surface area contributed by atoms with E-state index in [4.69, 9.17) is 4.74 Å². The molecular formula is C13H23NO3. The minimum atomic E-state index is -0.358. The van der Waals surface area contributed by atoms with E-state index in [1.807, 2.05) is 20.8 Å². The van der Waals surface area contributed by atoms with Crippen LogP contribution in [0.1, 0.15) is 40.5 Å². The van der Waals surface area contributed by atoms with Crippen molar-refractivity contribution in [3.8, 4) is 0 Å². The number of carbonyl (C=O) groups excluding carboxylic acids is 2. The van der Waals surface area contributed by atoms with E-state index in [2.05, 4.69) is 11.9 Å². The van der Waals surface area contributed by atoms with Gasteiger partial charge in [0.05, 0.1) is 6.61 Å². The van der Waals surface area contributed by atoms with Crippen LogP contribution in [0.2, 0.25) is 0 Å². The zero-order valence-corrected chi connectivity index (χ0v) is 11.3. The van der Waals surface area contributed by atoms with E-state index < -0.39 is 0 Å². The third-order valence-corrected chi connectivity index (χ3v) is 2.12. The second-order valence-electron chi connectivity index (χ2n) is 5.13. The summed E-state index contributed by atoms with van der Waals surface area (Å²) in [5.74, 6) is -0.319. The molecule has 0 saturated carbocycles. The minimum absolute atomic E-state index is 0.0384. The lowest BCUT2D eigenvalue weighted by molar-refractivity contribution is -0.139. The predicted molar refractivity (Wildman–Crippen MR) is 67.5 cm³/mol. The predicted octanol–water partition coefficient (Wildman–Crippen LogP) is 2.05. The van der Waals surface area contributed by atoms with E-state index in [-0.39, 0.29) is 17.3 Å². The highest BCUT2D eigenvalue weighted by Gasteiger charge is 2.19. The molecule has 4 nitrogen and oxygen atoms in total. The maximum Gasteiger partial charge on any atom is 0.333 e. The Kier molecular flexibility index (Phi) is 6.54. The molecule has 0 rings (SSSR count). The van der Waals surface area contributed by atoms with Gasteiger partial charge in [-0.2, -0.15) is 0 Å². The second kappa shape index (κ2) is 7.09. The van der Waals surface area contributed by atoms with Crippen molar-refractivity contribution in [2.75, 3.05) is 13.2 Å². The fraction of sp³-hybridized carbons (Fsp3) is 0.692. The van der Waals surface area contributed by atoms with E-state index in [0.717, 1.165) is 12.8 Å². The number of nitrogens with one attached hydrogen (secondary N) is 1. The van der Waals surface area contributed by atoms with Crippen LogP contribution in [0.15, 0.2) is 12.2 Å². The third kappa shape index (κ3) is 7.55. The number of esters is 1. The van der Waals surface area contributed by atoms with Gasteiger partial charge >= 0.3 is 5.97 Å². The first-order valence-corrected chi connectivity index (χ1v) is 5.86. The van der Waals surface area contributed by atoms with E-state index in [0.29, 0.717) is 18.7 Å². The van der Waals surface area contributed by atoms with Crippen LogP contribution in [-0.4, -0.2) is 25.0 Å². The number of rotatable bonds is 6. The maximum atomic E-state index is 11.5. The fourth-order valence-corrected chi connectivity index (χ4v) is 0.982. The molecule has 98 valence electrons. The summed E-state index contributed by atoms with van der Waals surface area (Å²) in [5.41, 5.74) is 0.0536. The Hall–Kier alpha value is -1.32. The van der Waals surface area contributed by atoms with Crippen molar-refractivity contribution in [1.29, 1.82) is 0 Å². The smallest absolute Gasteiger partial charge is 0.333 e. The molecule has 0 aromatic rings. The molecule has 0 aliphatic heterocycles. The Labute approximate surface area is 103 Å². The van der Waals surface area contributed by atoms with Gasteiger partial charge in [0.1, 0.15) is 0 Å². The van der Waals surface area contributed by atoms with Gasteiger partial charge in [0.25, 0.3) is 0 Å². The van der Waals surface area contributed by atoms with Crippen LogP contribution < -0.4 is 5.32 Å². The fourth-order valence-electron chi connectivity index (χ4n) is 0.982. The van der Waals surface area contributed by atoms with Crippen molar-refractivity contribution in [3.05, 3.63) is 12.2 Å². The van der Waals surface area contributed by atoms with Gasteiger partial charge in [-0.25, -0.2) is 4.79 Å². The van der Waals surface area contributed by atoms with Gasteiger partial charge in [-0.05, 0) is 19.8 Å². The Morgan fingerprint density at radius 1 is 1.24 bits per heavy atom. The van der Waals surface area contributed by atoms with Crippen LogP contribution in [0, 0.1) is 5.41 Å². The number of carbonyl (C=O) groups is 2. The molecule has 0 heterocycles. The van der Waals surface area contributed by atoms with E-state index >= 15 is 0 Å². The molecule has 0 saturated heterocycles. The summed E-state index contributed by atoms with van der Waals surface area (Å²) in [5, 5.41) is 2.84. The van der Waals surface area contributed by atoms with Crippen molar-refractivity contribution in [2.24, 2.45) is 5.41 Å². The standard InChI is InChI=1S/C13H23NO3/c1-10(2)11(15)17-9-7-6-8-14-12(16)13(3,4)5/h1,6-9H2,2-5H3,(H,14,16). The van der Waals surface area contributed by atoms with E-state index in [9.17, 15) is 9.59 Å². The van der Waals surface area contributed by atoms with Crippen molar-refractivity contribution in [2.45, 2.75) is 40.5 Å². The number of amides is 1. The number of unbranched alkanes of at least 4 members (excludes halogenated alkanes) is 1. The van der Waals surface area contributed by atoms with Gasteiger partial charge in [0, 0.05) is 17.5 Å². The van der Waals surface area contributed by atoms with E-state index in [1.165, 1.54) is 0 Å². The molecule has 0 aliphatic carbocycles. The van der Waals surface area contributed by atoms with Gasteiger partial charge in [0.15, 0.2) is 0 Å². The summed E-state index contributed by atoms with van der Waals surface area (Å²) < 4.78 is 4.93. The van der Waals surface area contributed by atoms with Crippen LogP contribution in [0.3, 0.4) is 0 Å². The third-order valence-electron chi connectivity index (χ3n) is 2.12. The van der Waals surface area contributed by atoms with Gasteiger partial charge in [0.2, 0.25) is 5.91 Å².